The van der Waals surface area contributed by atoms with E-state index in [1.165, 1.54) is 51.4 Å². The van der Waals surface area contributed by atoms with Crippen molar-refractivity contribution in [1.82, 2.24) is 0 Å². The first-order chi connectivity index (χ1) is 13.2. The number of carboxylic acids is 2. The molecule has 4 aliphatic rings. The molecule has 4 rings (SSSR count). The van der Waals surface area contributed by atoms with Crippen LogP contribution >= 0.6 is 0 Å². The third-order valence-corrected chi connectivity index (χ3v) is 8.72. The van der Waals surface area contributed by atoms with Crippen LogP contribution in [0.2, 0.25) is 0 Å². The molecule has 0 heterocycles. The van der Waals surface area contributed by atoms with Crippen molar-refractivity contribution >= 4 is 11.9 Å². The van der Waals surface area contributed by atoms with Crippen molar-refractivity contribution < 1.29 is 19.8 Å². The van der Waals surface area contributed by atoms with Gasteiger partial charge in [0, 0.05) is 0 Å². The molecule has 4 fully saturated rings. The largest absolute Gasteiger partial charge is 0.481 e. The second-order valence-electron chi connectivity index (χ2n) is 10.8. The van der Waals surface area contributed by atoms with Gasteiger partial charge in [0.15, 0.2) is 0 Å². The molecular weight excluding hydrogens is 352 g/mol. The van der Waals surface area contributed by atoms with Crippen molar-refractivity contribution in [2.24, 2.45) is 34.5 Å². The summed E-state index contributed by atoms with van der Waals surface area (Å²) < 4.78 is 0. The Morgan fingerprint density at radius 3 is 1.25 bits per heavy atom. The highest BCUT2D eigenvalue weighted by Crippen LogP contribution is 2.49. The molecule has 28 heavy (non-hydrogen) atoms. The number of hydrogen-bond acceptors (Lipinski definition) is 2. The van der Waals surface area contributed by atoms with Gasteiger partial charge in [-0.1, -0.05) is 51.4 Å². The Labute approximate surface area is 170 Å². The SMILES string of the molecule is C[C@@]1(C(=O)O)CC[C@@H]2CCCC[C@@H]2C1.C[C@@]1(C(=O)O)CC[C@H]2CCCC[C@H]2C1. The van der Waals surface area contributed by atoms with Crippen LogP contribution in [0.1, 0.15) is 104 Å². The molecule has 4 saturated carbocycles. The lowest BCUT2D eigenvalue weighted by Gasteiger charge is -2.42. The Hall–Kier alpha value is -1.06. The molecule has 6 atom stereocenters. The molecule has 0 saturated heterocycles. The fraction of sp³-hybridized carbons (Fsp3) is 0.917. The molecule has 0 amide bonds. The first-order valence-corrected chi connectivity index (χ1v) is 11.7. The standard InChI is InChI=1S/2C12H20O2/c2*1-12(11(13)14)7-6-9-4-2-3-5-10(9)8-12/h2*9-10H,2-8H2,1H3,(H,13,14)/t9-,10+,12+;9-,10+,12-/m01/s1. The molecule has 4 nitrogen and oxygen atoms in total. The summed E-state index contributed by atoms with van der Waals surface area (Å²) in [4.78, 5) is 22.3. The zero-order valence-electron chi connectivity index (χ0n) is 17.9. The van der Waals surface area contributed by atoms with Crippen LogP contribution in [-0.4, -0.2) is 22.2 Å². The Morgan fingerprint density at radius 1 is 0.607 bits per heavy atom. The molecule has 0 aromatic heterocycles. The van der Waals surface area contributed by atoms with Gasteiger partial charge in [-0.15, -0.1) is 0 Å². The van der Waals surface area contributed by atoms with E-state index in [1.807, 2.05) is 13.8 Å². The molecule has 2 N–H and O–H groups in total. The molecule has 0 radical (unpaired) electrons. The van der Waals surface area contributed by atoms with Crippen LogP contribution in [0.5, 0.6) is 0 Å². The Balaban J connectivity index is 0.000000161. The molecular formula is C24H40O4. The molecule has 0 aliphatic heterocycles. The van der Waals surface area contributed by atoms with Crippen molar-refractivity contribution in [3.63, 3.8) is 0 Å². The number of carboxylic acid groups (broad SMARTS) is 2. The second-order valence-corrected chi connectivity index (χ2v) is 10.8. The van der Waals surface area contributed by atoms with E-state index in [4.69, 9.17) is 0 Å². The lowest BCUT2D eigenvalue weighted by Crippen LogP contribution is -2.38. The zero-order chi connectivity index (χ0) is 20.4. The Kier molecular flexibility index (Phi) is 6.76. The third kappa shape index (κ3) is 4.74. The van der Waals surface area contributed by atoms with Gasteiger partial charge in [-0.2, -0.15) is 0 Å². The van der Waals surface area contributed by atoms with E-state index in [0.29, 0.717) is 11.8 Å². The van der Waals surface area contributed by atoms with Crippen molar-refractivity contribution in [2.45, 2.75) is 104 Å². The molecule has 4 heteroatoms. The maximum absolute atomic E-state index is 11.2. The van der Waals surface area contributed by atoms with Crippen molar-refractivity contribution in [3.8, 4) is 0 Å². The normalized spacial score (nSPS) is 42.9. The maximum atomic E-state index is 11.2. The van der Waals surface area contributed by atoms with E-state index in [-0.39, 0.29) is 0 Å². The predicted octanol–water partition coefficient (Wildman–Crippen LogP) is 6.14. The van der Waals surface area contributed by atoms with Crippen LogP contribution in [0.25, 0.3) is 0 Å². The Bertz CT molecular complexity index is 523. The molecule has 0 spiro atoms. The topological polar surface area (TPSA) is 74.6 Å². The fourth-order valence-corrected chi connectivity index (χ4v) is 6.62. The minimum absolute atomic E-state index is 0.418. The minimum Gasteiger partial charge on any atom is -0.481 e. The highest BCUT2D eigenvalue weighted by atomic mass is 16.4. The van der Waals surface area contributed by atoms with Gasteiger partial charge < -0.3 is 10.2 Å². The Morgan fingerprint density at radius 2 is 0.929 bits per heavy atom. The van der Waals surface area contributed by atoms with Gasteiger partial charge in [0.05, 0.1) is 10.8 Å². The van der Waals surface area contributed by atoms with E-state index in [0.717, 1.165) is 50.4 Å². The lowest BCUT2D eigenvalue weighted by atomic mass is 9.62. The summed E-state index contributed by atoms with van der Waals surface area (Å²) >= 11 is 0. The second kappa shape index (κ2) is 8.75. The van der Waals surface area contributed by atoms with E-state index < -0.39 is 22.8 Å². The molecule has 160 valence electrons. The molecule has 0 aromatic rings. The summed E-state index contributed by atoms with van der Waals surface area (Å²) in [6.07, 6.45) is 16.5. The molecule has 0 unspecified atom stereocenters. The van der Waals surface area contributed by atoms with Gasteiger partial charge in [-0.05, 0) is 76.0 Å². The average molecular weight is 393 g/mol. The summed E-state index contributed by atoms with van der Waals surface area (Å²) in [6.45, 7) is 3.86. The average Bonchev–Trinajstić information content (AvgIpc) is 2.68. The summed E-state index contributed by atoms with van der Waals surface area (Å²) in [5.41, 5.74) is -0.836. The van der Waals surface area contributed by atoms with E-state index in [2.05, 4.69) is 0 Å². The number of aliphatic carboxylic acids is 2. The van der Waals surface area contributed by atoms with Crippen LogP contribution in [-0.2, 0) is 9.59 Å². The predicted molar refractivity (Wildman–Crippen MR) is 110 cm³/mol. The quantitative estimate of drug-likeness (QED) is 0.592. The molecule has 0 aromatic carbocycles. The third-order valence-electron chi connectivity index (χ3n) is 8.72. The lowest BCUT2D eigenvalue weighted by molar-refractivity contribution is -0.153. The smallest absolute Gasteiger partial charge is 0.309 e. The monoisotopic (exact) mass is 392 g/mol. The van der Waals surface area contributed by atoms with Gasteiger partial charge in [0.1, 0.15) is 0 Å². The van der Waals surface area contributed by atoms with Gasteiger partial charge >= 0.3 is 11.9 Å². The highest BCUT2D eigenvalue weighted by Gasteiger charge is 2.44. The first-order valence-electron chi connectivity index (χ1n) is 11.7. The van der Waals surface area contributed by atoms with E-state index >= 15 is 0 Å². The van der Waals surface area contributed by atoms with Gasteiger partial charge in [0.2, 0.25) is 0 Å². The van der Waals surface area contributed by atoms with Gasteiger partial charge in [-0.25, -0.2) is 0 Å². The maximum Gasteiger partial charge on any atom is 0.309 e. The summed E-state index contributed by atoms with van der Waals surface area (Å²) in [5, 5.41) is 18.4. The van der Waals surface area contributed by atoms with Crippen molar-refractivity contribution in [2.75, 3.05) is 0 Å². The van der Waals surface area contributed by atoms with Crippen molar-refractivity contribution in [1.29, 1.82) is 0 Å². The number of carbonyl (C=O) groups is 2. The summed E-state index contributed by atoms with van der Waals surface area (Å²) in [5.74, 6) is 1.94. The van der Waals surface area contributed by atoms with Crippen LogP contribution in [0.3, 0.4) is 0 Å². The van der Waals surface area contributed by atoms with Crippen LogP contribution in [0.4, 0.5) is 0 Å². The van der Waals surface area contributed by atoms with E-state index in [9.17, 15) is 19.8 Å². The summed E-state index contributed by atoms with van der Waals surface area (Å²) in [6, 6.07) is 0. The van der Waals surface area contributed by atoms with Crippen LogP contribution in [0, 0.1) is 34.5 Å². The van der Waals surface area contributed by atoms with E-state index in [1.54, 1.807) is 0 Å². The van der Waals surface area contributed by atoms with Gasteiger partial charge in [0.25, 0.3) is 0 Å². The fourth-order valence-electron chi connectivity index (χ4n) is 6.62. The number of rotatable bonds is 2. The van der Waals surface area contributed by atoms with Gasteiger partial charge in [-0.3, -0.25) is 9.59 Å². The van der Waals surface area contributed by atoms with Crippen LogP contribution < -0.4 is 0 Å². The highest BCUT2D eigenvalue weighted by molar-refractivity contribution is 5.74. The zero-order valence-corrected chi connectivity index (χ0v) is 17.9. The molecule has 0 bridgehead atoms. The molecule has 4 aliphatic carbocycles. The van der Waals surface area contributed by atoms with Crippen LogP contribution in [0.15, 0.2) is 0 Å². The first kappa shape index (κ1) is 21.6. The minimum atomic E-state index is -0.582. The number of hydrogen-bond donors (Lipinski definition) is 2. The van der Waals surface area contributed by atoms with Crippen molar-refractivity contribution in [3.05, 3.63) is 0 Å². The number of fused-ring (bicyclic) bond motifs is 2. The summed E-state index contributed by atoms with van der Waals surface area (Å²) in [7, 11) is 0.